The molecule has 126 valence electrons. The third kappa shape index (κ3) is 4.45. The molecule has 0 saturated carbocycles. The van der Waals surface area contributed by atoms with Gasteiger partial charge >= 0.3 is 0 Å². The summed E-state index contributed by atoms with van der Waals surface area (Å²) < 4.78 is 0. The summed E-state index contributed by atoms with van der Waals surface area (Å²) in [5.41, 5.74) is 2.70. The number of aromatic nitrogens is 2. The first kappa shape index (κ1) is 16.7. The van der Waals surface area contributed by atoms with Gasteiger partial charge in [-0.3, -0.25) is 4.79 Å². The number of amides is 1. The molecule has 6 heteroatoms. The van der Waals surface area contributed by atoms with Gasteiger partial charge < -0.3 is 10.2 Å². The largest absolute Gasteiger partial charge is 0.350 e. The Morgan fingerprint density at radius 1 is 1.21 bits per heavy atom. The number of nitrogens with one attached hydrogen (secondary N) is 1. The van der Waals surface area contributed by atoms with Crippen LogP contribution in [0.5, 0.6) is 0 Å². The molecule has 3 rings (SSSR count). The Morgan fingerprint density at radius 3 is 2.62 bits per heavy atom. The number of carbonyl (C=O) groups is 1. The van der Waals surface area contributed by atoms with Crippen LogP contribution in [0.15, 0.2) is 30.3 Å². The first-order valence-corrected chi connectivity index (χ1v) is 8.58. The van der Waals surface area contributed by atoms with Crippen molar-refractivity contribution < 1.29 is 4.79 Å². The standard InChI is InChI=1S/C18H21ClN4O/c1-13-10-16(22-18(21-13)23-8-2-3-9-23)12-20-17(24)11-14-4-6-15(19)7-5-14/h4-7,10H,2-3,8-9,11-12H2,1H3,(H,20,24). The summed E-state index contributed by atoms with van der Waals surface area (Å²) >= 11 is 5.85. The fourth-order valence-corrected chi connectivity index (χ4v) is 2.93. The van der Waals surface area contributed by atoms with Gasteiger partial charge in [0.2, 0.25) is 11.9 Å². The predicted octanol–water partition coefficient (Wildman–Crippen LogP) is 2.90. The summed E-state index contributed by atoms with van der Waals surface area (Å²) in [7, 11) is 0. The van der Waals surface area contributed by atoms with Gasteiger partial charge in [0.1, 0.15) is 0 Å². The second-order valence-electron chi connectivity index (χ2n) is 6.07. The molecule has 1 aliphatic heterocycles. The van der Waals surface area contributed by atoms with Gasteiger partial charge in [-0.25, -0.2) is 9.97 Å². The number of carbonyl (C=O) groups excluding carboxylic acids is 1. The number of anilines is 1. The minimum Gasteiger partial charge on any atom is -0.350 e. The Labute approximate surface area is 147 Å². The van der Waals surface area contributed by atoms with E-state index in [9.17, 15) is 4.79 Å². The van der Waals surface area contributed by atoms with Crippen molar-refractivity contribution in [3.63, 3.8) is 0 Å². The minimum absolute atomic E-state index is 0.0312. The van der Waals surface area contributed by atoms with Crippen molar-refractivity contribution in [2.45, 2.75) is 32.7 Å². The maximum Gasteiger partial charge on any atom is 0.225 e. The molecule has 1 aromatic heterocycles. The minimum atomic E-state index is -0.0312. The Balaban J connectivity index is 1.59. The van der Waals surface area contributed by atoms with Crippen LogP contribution in [0.25, 0.3) is 0 Å². The zero-order chi connectivity index (χ0) is 16.9. The summed E-state index contributed by atoms with van der Waals surface area (Å²) in [5.74, 6) is 0.741. The second kappa shape index (κ2) is 7.62. The highest BCUT2D eigenvalue weighted by Gasteiger charge is 2.16. The summed E-state index contributed by atoms with van der Waals surface area (Å²) in [6, 6.07) is 9.23. The van der Waals surface area contributed by atoms with Crippen molar-refractivity contribution in [3.05, 3.63) is 52.3 Å². The Bertz CT molecular complexity index is 711. The third-order valence-electron chi connectivity index (χ3n) is 4.03. The molecule has 24 heavy (non-hydrogen) atoms. The van der Waals surface area contributed by atoms with E-state index in [0.29, 0.717) is 18.0 Å². The summed E-state index contributed by atoms with van der Waals surface area (Å²) in [6.07, 6.45) is 2.70. The van der Waals surface area contributed by atoms with Gasteiger partial charge in [-0.1, -0.05) is 23.7 Å². The summed E-state index contributed by atoms with van der Waals surface area (Å²) in [5, 5.41) is 3.60. The van der Waals surface area contributed by atoms with Crippen LogP contribution in [0.1, 0.15) is 29.8 Å². The smallest absolute Gasteiger partial charge is 0.225 e. The zero-order valence-electron chi connectivity index (χ0n) is 13.8. The maximum absolute atomic E-state index is 12.1. The van der Waals surface area contributed by atoms with E-state index in [2.05, 4.69) is 20.2 Å². The van der Waals surface area contributed by atoms with E-state index in [4.69, 9.17) is 11.6 Å². The molecule has 0 unspecified atom stereocenters. The van der Waals surface area contributed by atoms with Gasteiger partial charge in [0.05, 0.1) is 18.7 Å². The van der Waals surface area contributed by atoms with Gasteiger partial charge in [-0.15, -0.1) is 0 Å². The first-order chi connectivity index (χ1) is 11.6. The molecule has 1 saturated heterocycles. The molecule has 0 radical (unpaired) electrons. The summed E-state index contributed by atoms with van der Waals surface area (Å²) in [6.45, 7) is 4.38. The van der Waals surface area contributed by atoms with Crippen molar-refractivity contribution in [3.8, 4) is 0 Å². The average molecular weight is 345 g/mol. The fraction of sp³-hybridized carbons (Fsp3) is 0.389. The van der Waals surface area contributed by atoms with Gasteiger partial charge in [0.25, 0.3) is 0 Å². The molecule has 0 spiro atoms. The zero-order valence-corrected chi connectivity index (χ0v) is 14.5. The highest BCUT2D eigenvalue weighted by Crippen LogP contribution is 2.16. The lowest BCUT2D eigenvalue weighted by atomic mass is 10.1. The first-order valence-electron chi connectivity index (χ1n) is 8.21. The molecule has 2 heterocycles. The number of hydrogen-bond donors (Lipinski definition) is 1. The van der Waals surface area contributed by atoms with E-state index in [1.807, 2.05) is 25.1 Å². The predicted molar refractivity (Wildman–Crippen MR) is 95.2 cm³/mol. The maximum atomic E-state index is 12.1. The van der Waals surface area contributed by atoms with Crippen LogP contribution in [-0.4, -0.2) is 29.0 Å². The van der Waals surface area contributed by atoms with Gasteiger partial charge in [-0.05, 0) is 43.5 Å². The lowest BCUT2D eigenvalue weighted by Gasteiger charge is -2.16. The molecule has 0 aliphatic carbocycles. The van der Waals surface area contributed by atoms with Crippen LogP contribution >= 0.6 is 11.6 Å². The molecule has 2 aromatic rings. The fourth-order valence-electron chi connectivity index (χ4n) is 2.81. The normalized spacial score (nSPS) is 14.0. The molecule has 1 amide bonds. The van der Waals surface area contributed by atoms with Crippen molar-refractivity contribution in [1.82, 2.24) is 15.3 Å². The summed E-state index contributed by atoms with van der Waals surface area (Å²) in [4.78, 5) is 23.4. The number of rotatable bonds is 5. The molecule has 0 bridgehead atoms. The van der Waals surface area contributed by atoms with E-state index in [-0.39, 0.29) is 5.91 Å². The molecular weight excluding hydrogens is 324 g/mol. The van der Waals surface area contributed by atoms with Crippen LogP contribution in [0.2, 0.25) is 5.02 Å². The Hall–Kier alpha value is -2.14. The van der Waals surface area contributed by atoms with Crippen LogP contribution in [-0.2, 0) is 17.8 Å². The van der Waals surface area contributed by atoms with Gasteiger partial charge in [0, 0.05) is 23.8 Å². The van der Waals surface area contributed by atoms with Crippen molar-refractivity contribution in [2.75, 3.05) is 18.0 Å². The van der Waals surface area contributed by atoms with Crippen molar-refractivity contribution >= 4 is 23.5 Å². The van der Waals surface area contributed by atoms with E-state index >= 15 is 0 Å². The quantitative estimate of drug-likeness (QED) is 0.906. The van der Waals surface area contributed by atoms with Crippen molar-refractivity contribution in [2.24, 2.45) is 0 Å². The molecule has 1 fully saturated rings. The number of hydrogen-bond acceptors (Lipinski definition) is 4. The monoisotopic (exact) mass is 344 g/mol. The van der Waals surface area contributed by atoms with Crippen LogP contribution < -0.4 is 10.2 Å². The Morgan fingerprint density at radius 2 is 1.92 bits per heavy atom. The number of nitrogens with zero attached hydrogens (tertiary/aromatic N) is 3. The van der Waals surface area contributed by atoms with E-state index in [1.165, 1.54) is 12.8 Å². The molecule has 5 nitrogen and oxygen atoms in total. The third-order valence-corrected chi connectivity index (χ3v) is 4.28. The van der Waals surface area contributed by atoms with Gasteiger partial charge in [0.15, 0.2) is 0 Å². The molecule has 1 N–H and O–H groups in total. The van der Waals surface area contributed by atoms with Crippen molar-refractivity contribution in [1.29, 1.82) is 0 Å². The van der Waals surface area contributed by atoms with Crippen LogP contribution in [0, 0.1) is 6.92 Å². The van der Waals surface area contributed by atoms with E-state index in [0.717, 1.165) is 36.0 Å². The van der Waals surface area contributed by atoms with E-state index < -0.39 is 0 Å². The van der Waals surface area contributed by atoms with Gasteiger partial charge in [-0.2, -0.15) is 0 Å². The van der Waals surface area contributed by atoms with Crippen LogP contribution in [0.4, 0.5) is 5.95 Å². The SMILES string of the molecule is Cc1cc(CNC(=O)Cc2ccc(Cl)cc2)nc(N2CCCC2)n1. The second-order valence-corrected chi connectivity index (χ2v) is 6.51. The lowest BCUT2D eigenvalue weighted by Crippen LogP contribution is -2.26. The average Bonchev–Trinajstić information content (AvgIpc) is 3.09. The topological polar surface area (TPSA) is 58.1 Å². The lowest BCUT2D eigenvalue weighted by molar-refractivity contribution is -0.120. The highest BCUT2D eigenvalue weighted by atomic mass is 35.5. The molecular formula is C18H21ClN4O. The van der Waals surface area contributed by atoms with E-state index in [1.54, 1.807) is 12.1 Å². The number of aryl methyl sites for hydroxylation is 1. The van der Waals surface area contributed by atoms with Crippen LogP contribution in [0.3, 0.4) is 0 Å². The number of halogens is 1. The molecule has 1 aliphatic rings. The molecule has 1 aromatic carbocycles. The molecule has 0 atom stereocenters. The number of benzene rings is 1. The highest BCUT2D eigenvalue weighted by molar-refractivity contribution is 6.30. The Kier molecular flexibility index (Phi) is 5.30.